The minimum absolute atomic E-state index is 0.413. The van der Waals surface area contributed by atoms with Gasteiger partial charge in [-0.15, -0.1) is 0 Å². The third-order valence-electron chi connectivity index (χ3n) is 3.30. The van der Waals surface area contributed by atoms with Crippen LogP contribution in [-0.2, 0) is 4.74 Å². The lowest BCUT2D eigenvalue weighted by Gasteiger charge is -2.30. The first-order valence-corrected chi connectivity index (χ1v) is 5.98. The number of aryl methyl sites for hydroxylation is 1. The van der Waals surface area contributed by atoms with Gasteiger partial charge in [0.2, 0.25) is 0 Å². The van der Waals surface area contributed by atoms with Gasteiger partial charge in [-0.1, -0.05) is 6.07 Å². The molecule has 2 heterocycles. The van der Waals surface area contributed by atoms with Crippen molar-refractivity contribution in [1.29, 1.82) is 0 Å². The van der Waals surface area contributed by atoms with E-state index in [2.05, 4.69) is 23.3 Å². The number of hydrogen-bond acceptors (Lipinski definition) is 3. The lowest BCUT2D eigenvalue weighted by molar-refractivity contribution is 0.0546. The van der Waals surface area contributed by atoms with Crippen molar-refractivity contribution >= 4 is 0 Å². The van der Waals surface area contributed by atoms with Crippen LogP contribution in [0.15, 0.2) is 18.5 Å². The summed E-state index contributed by atoms with van der Waals surface area (Å²) in [6.07, 6.45) is 6.16. The van der Waals surface area contributed by atoms with Crippen LogP contribution in [0.25, 0.3) is 0 Å². The standard InChI is InChI=1S/C13H20N2O/c1-10-7-12(9-15-8-10)13(14-2)11-3-5-16-6-4-11/h7-9,11,13-14H,3-6H2,1-2H3. The van der Waals surface area contributed by atoms with Crippen LogP contribution in [0.5, 0.6) is 0 Å². The maximum Gasteiger partial charge on any atom is 0.0469 e. The quantitative estimate of drug-likeness (QED) is 0.847. The van der Waals surface area contributed by atoms with Crippen molar-refractivity contribution in [3.05, 3.63) is 29.6 Å². The first-order chi connectivity index (χ1) is 7.81. The normalized spacial score (nSPS) is 19.6. The highest BCUT2D eigenvalue weighted by molar-refractivity contribution is 5.21. The third-order valence-corrected chi connectivity index (χ3v) is 3.30. The predicted molar refractivity (Wildman–Crippen MR) is 64.3 cm³/mol. The van der Waals surface area contributed by atoms with Crippen LogP contribution in [0.3, 0.4) is 0 Å². The van der Waals surface area contributed by atoms with Gasteiger partial charge in [0.15, 0.2) is 0 Å². The van der Waals surface area contributed by atoms with E-state index in [-0.39, 0.29) is 0 Å². The summed E-state index contributed by atoms with van der Waals surface area (Å²) in [5, 5.41) is 3.42. The molecule has 1 aromatic rings. The Morgan fingerprint density at radius 2 is 2.12 bits per heavy atom. The molecule has 0 aliphatic carbocycles. The SMILES string of the molecule is CNC(c1cncc(C)c1)C1CCOCC1. The molecule has 1 fully saturated rings. The Morgan fingerprint density at radius 3 is 2.75 bits per heavy atom. The zero-order chi connectivity index (χ0) is 11.4. The van der Waals surface area contributed by atoms with E-state index in [4.69, 9.17) is 4.74 Å². The summed E-state index contributed by atoms with van der Waals surface area (Å²) in [7, 11) is 2.03. The highest BCUT2D eigenvalue weighted by Gasteiger charge is 2.24. The molecule has 0 saturated carbocycles. The molecule has 0 bridgehead atoms. The van der Waals surface area contributed by atoms with Gasteiger partial charge in [-0.2, -0.15) is 0 Å². The van der Waals surface area contributed by atoms with E-state index in [9.17, 15) is 0 Å². The van der Waals surface area contributed by atoms with Crippen molar-refractivity contribution in [1.82, 2.24) is 10.3 Å². The number of aromatic nitrogens is 1. The minimum atomic E-state index is 0.413. The Morgan fingerprint density at radius 1 is 1.38 bits per heavy atom. The number of rotatable bonds is 3. The molecule has 0 spiro atoms. The van der Waals surface area contributed by atoms with E-state index in [1.165, 1.54) is 11.1 Å². The number of nitrogens with one attached hydrogen (secondary N) is 1. The Kier molecular flexibility index (Phi) is 3.91. The van der Waals surface area contributed by atoms with Crippen LogP contribution < -0.4 is 5.32 Å². The number of ether oxygens (including phenoxy) is 1. The zero-order valence-electron chi connectivity index (χ0n) is 10.1. The van der Waals surface area contributed by atoms with E-state index in [1.807, 2.05) is 19.4 Å². The van der Waals surface area contributed by atoms with Crippen LogP contribution in [0, 0.1) is 12.8 Å². The third kappa shape index (κ3) is 2.60. The summed E-state index contributed by atoms with van der Waals surface area (Å²) in [5.41, 5.74) is 2.53. The molecular weight excluding hydrogens is 200 g/mol. The van der Waals surface area contributed by atoms with Crippen LogP contribution in [0.1, 0.15) is 30.0 Å². The van der Waals surface area contributed by atoms with Crippen LogP contribution in [-0.4, -0.2) is 25.2 Å². The highest BCUT2D eigenvalue weighted by atomic mass is 16.5. The average Bonchev–Trinajstić information content (AvgIpc) is 2.31. The molecule has 1 unspecified atom stereocenters. The van der Waals surface area contributed by atoms with Crippen molar-refractivity contribution in [2.75, 3.05) is 20.3 Å². The molecule has 0 amide bonds. The van der Waals surface area contributed by atoms with Gasteiger partial charge in [0, 0.05) is 31.6 Å². The molecule has 16 heavy (non-hydrogen) atoms. The van der Waals surface area contributed by atoms with Crippen molar-refractivity contribution in [3.8, 4) is 0 Å². The van der Waals surface area contributed by atoms with Crippen LogP contribution in [0.4, 0.5) is 0 Å². The second-order valence-corrected chi connectivity index (χ2v) is 4.51. The van der Waals surface area contributed by atoms with Crippen molar-refractivity contribution in [2.45, 2.75) is 25.8 Å². The second kappa shape index (κ2) is 5.41. The van der Waals surface area contributed by atoms with Crippen molar-refractivity contribution in [2.24, 2.45) is 5.92 Å². The molecule has 3 heteroatoms. The van der Waals surface area contributed by atoms with Gasteiger partial charge < -0.3 is 10.1 Å². The van der Waals surface area contributed by atoms with Crippen molar-refractivity contribution in [3.63, 3.8) is 0 Å². The maximum atomic E-state index is 5.41. The summed E-state index contributed by atoms with van der Waals surface area (Å²) in [4.78, 5) is 4.28. The number of nitrogens with zero attached hydrogens (tertiary/aromatic N) is 1. The van der Waals surface area contributed by atoms with Gasteiger partial charge in [0.25, 0.3) is 0 Å². The van der Waals surface area contributed by atoms with Gasteiger partial charge in [0.05, 0.1) is 0 Å². The van der Waals surface area contributed by atoms with Crippen molar-refractivity contribution < 1.29 is 4.74 Å². The fraction of sp³-hybridized carbons (Fsp3) is 0.615. The lowest BCUT2D eigenvalue weighted by atomic mass is 9.87. The van der Waals surface area contributed by atoms with Gasteiger partial charge in [-0.25, -0.2) is 0 Å². The first-order valence-electron chi connectivity index (χ1n) is 5.98. The number of pyridine rings is 1. The Balaban J connectivity index is 2.14. The predicted octanol–water partition coefficient (Wildman–Crippen LogP) is 2.08. The molecule has 1 N–H and O–H groups in total. The van der Waals surface area contributed by atoms with Gasteiger partial charge in [-0.3, -0.25) is 4.98 Å². The summed E-state index contributed by atoms with van der Waals surface area (Å²) in [5.74, 6) is 0.669. The second-order valence-electron chi connectivity index (χ2n) is 4.51. The van der Waals surface area contributed by atoms with Gasteiger partial charge in [0.1, 0.15) is 0 Å². The van der Waals surface area contributed by atoms with Crippen LogP contribution >= 0.6 is 0 Å². The maximum absolute atomic E-state index is 5.41. The molecule has 1 aliphatic heterocycles. The fourth-order valence-electron chi connectivity index (χ4n) is 2.47. The minimum Gasteiger partial charge on any atom is -0.381 e. The Hall–Kier alpha value is -0.930. The molecule has 0 aromatic carbocycles. The van der Waals surface area contributed by atoms with E-state index < -0.39 is 0 Å². The summed E-state index contributed by atoms with van der Waals surface area (Å²) in [6, 6.07) is 2.64. The zero-order valence-corrected chi connectivity index (χ0v) is 10.1. The van der Waals surface area contributed by atoms with E-state index in [1.54, 1.807) is 0 Å². The Bertz CT molecular complexity index is 334. The summed E-state index contributed by atoms with van der Waals surface area (Å²) < 4.78 is 5.41. The Labute approximate surface area is 97.2 Å². The fourth-order valence-corrected chi connectivity index (χ4v) is 2.47. The molecule has 1 atom stereocenters. The van der Waals surface area contributed by atoms with Gasteiger partial charge >= 0.3 is 0 Å². The summed E-state index contributed by atoms with van der Waals surface area (Å²) >= 11 is 0. The van der Waals surface area contributed by atoms with E-state index >= 15 is 0 Å². The lowest BCUT2D eigenvalue weighted by Crippen LogP contribution is -2.30. The average molecular weight is 220 g/mol. The molecule has 2 rings (SSSR count). The van der Waals surface area contributed by atoms with Gasteiger partial charge in [-0.05, 0) is 43.9 Å². The molecule has 1 aromatic heterocycles. The highest BCUT2D eigenvalue weighted by Crippen LogP contribution is 2.29. The first kappa shape index (κ1) is 11.6. The van der Waals surface area contributed by atoms with E-state index in [0.29, 0.717) is 12.0 Å². The number of hydrogen-bond donors (Lipinski definition) is 1. The largest absolute Gasteiger partial charge is 0.381 e. The molecule has 1 aliphatic rings. The monoisotopic (exact) mass is 220 g/mol. The van der Waals surface area contributed by atoms with Crippen LogP contribution in [0.2, 0.25) is 0 Å². The smallest absolute Gasteiger partial charge is 0.0469 e. The molecular formula is C13H20N2O. The molecule has 3 nitrogen and oxygen atoms in total. The summed E-state index contributed by atoms with van der Waals surface area (Å²) in [6.45, 7) is 3.87. The van der Waals surface area contributed by atoms with E-state index in [0.717, 1.165) is 26.1 Å². The molecule has 88 valence electrons. The molecule has 1 saturated heterocycles. The topological polar surface area (TPSA) is 34.2 Å². The molecule has 0 radical (unpaired) electrons.